The van der Waals surface area contributed by atoms with Crippen LogP contribution in [-0.4, -0.2) is 19.2 Å². The molecule has 0 fully saturated rings. The third-order valence-electron chi connectivity index (χ3n) is 1.89. The largest absolute Gasteiger partial charge is 0.496 e. The standard InChI is InChI=1S/C12H16N2O2/c1-9(2)8-13-14-12(15)10-6-4-5-7-11(10)16-3/h4-9H,1-3H3,(H,14,15)/b13-8+. The van der Waals surface area contributed by atoms with Gasteiger partial charge < -0.3 is 4.74 Å². The van der Waals surface area contributed by atoms with E-state index >= 15 is 0 Å². The molecule has 16 heavy (non-hydrogen) atoms. The number of rotatable bonds is 4. The van der Waals surface area contributed by atoms with Crippen molar-refractivity contribution in [1.82, 2.24) is 5.43 Å². The first kappa shape index (κ1) is 12.2. The molecule has 1 rings (SSSR count). The normalized spacial score (nSPS) is 10.8. The smallest absolute Gasteiger partial charge is 0.275 e. The predicted molar refractivity (Wildman–Crippen MR) is 63.8 cm³/mol. The van der Waals surface area contributed by atoms with Crippen molar-refractivity contribution in [2.45, 2.75) is 13.8 Å². The van der Waals surface area contributed by atoms with Crippen molar-refractivity contribution in [2.75, 3.05) is 7.11 Å². The Morgan fingerprint density at radius 3 is 2.75 bits per heavy atom. The van der Waals surface area contributed by atoms with Gasteiger partial charge in [0.25, 0.3) is 5.91 Å². The third kappa shape index (κ3) is 3.38. The second-order valence-corrected chi connectivity index (χ2v) is 3.66. The van der Waals surface area contributed by atoms with Crippen LogP contribution in [0.4, 0.5) is 0 Å². The van der Waals surface area contributed by atoms with Gasteiger partial charge in [0.2, 0.25) is 0 Å². The zero-order chi connectivity index (χ0) is 12.0. The van der Waals surface area contributed by atoms with Crippen LogP contribution in [0.2, 0.25) is 0 Å². The van der Waals surface area contributed by atoms with Crippen LogP contribution >= 0.6 is 0 Å². The molecule has 0 bridgehead atoms. The molecule has 4 nitrogen and oxygen atoms in total. The number of carbonyl (C=O) groups is 1. The van der Waals surface area contributed by atoms with E-state index in [0.29, 0.717) is 17.2 Å². The summed E-state index contributed by atoms with van der Waals surface area (Å²) >= 11 is 0. The first-order valence-corrected chi connectivity index (χ1v) is 5.11. The van der Waals surface area contributed by atoms with Crippen LogP contribution in [0, 0.1) is 5.92 Å². The summed E-state index contributed by atoms with van der Waals surface area (Å²) in [5.74, 6) is 0.576. The Balaban J connectivity index is 2.73. The first-order chi connectivity index (χ1) is 7.65. The topological polar surface area (TPSA) is 50.7 Å². The molecule has 1 aromatic carbocycles. The fourth-order valence-electron chi connectivity index (χ4n) is 1.14. The highest BCUT2D eigenvalue weighted by Gasteiger charge is 2.09. The Kier molecular flexibility index (Phi) is 4.51. The minimum Gasteiger partial charge on any atom is -0.496 e. The highest BCUT2D eigenvalue weighted by atomic mass is 16.5. The minimum atomic E-state index is -0.269. The maximum Gasteiger partial charge on any atom is 0.275 e. The van der Waals surface area contributed by atoms with Crippen LogP contribution in [0.3, 0.4) is 0 Å². The summed E-state index contributed by atoms with van der Waals surface area (Å²) in [4.78, 5) is 11.7. The van der Waals surface area contributed by atoms with Crippen molar-refractivity contribution in [2.24, 2.45) is 11.0 Å². The van der Waals surface area contributed by atoms with Crippen LogP contribution in [0.15, 0.2) is 29.4 Å². The number of benzene rings is 1. The number of nitrogens with one attached hydrogen (secondary N) is 1. The number of ether oxygens (including phenoxy) is 1. The Morgan fingerprint density at radius 2 is 2.12 bits per heavy atom. The molecule has 0 saturated heterocycles. The predicted octanol–water partition coefficient (Wildman–Crippen LogP) is 2.07. The van der Waals surface area contributed by atoms with Gasteiger partial charge >= 0.3 is 0 Å². The van der Waals surface area contributed by atoms with E-state index in [1.54, 1.807) is 24.4 Å². The summed E-state index contributed by atoms with van der Waals surface area (Å²) in [6.45, 7) is 3.97. The quantitative estimate of drug-likeness (QED) is 0.623. The summed E-state index contributed by atoms with van der Waals surface area (Å²) < 4.78 is 5.08. The number of nitrogens with zero attached hydrogens (tertiary/aromatic N) is 1. The fourth-order valence-corrected chi connectivity index (χ4v) is 1.14. The third-order valence-corrected chi connectivity index (χ3v) is 1.89. The van der Waals surface area contributed by atoms with E-state index in [0.717, 1.165) is 0 Å². The Labute approximate surface area is 95.3 Å². The Hall–Kier alpha value is -1.84. The number of hydrogen-bond donors (Lipinski definition) is 1. The van der Waals surface area contributed by atoms with Crippen molar-refractivity contribution in [3.8, 4) is 5.75 Å². The lowest BCUT2D eigenvalue weighted by atomic mass is 10.2. The van der Waals surface area contributed by atoms with Crippen LogP contribution in [0.25, 0.3) is 0 Å². The highest BCUT2D eigenvalue weighted by Crippen LogP contribution is 2.16. The average molecular weight is 220 g/mol. The number of para-hydroxylation sites is 1. The van der Waals surface area contributed by atoms with Gasteiger partial charge in [0.15, 0.2) is 0 Å². The molecule has 0 radical (unpaired) electrons. The molecular weight excluding hydrogens is 204 g/mol. The molecule has 0 aromatic heterocycles. The van der Waals surface area contributed by atoms with Gasteiger partial charge in [0.1, 0.15) is 5.75 Å². The van der Waals surface area contributed by atoms with Crippen molar-refractivity contribution >= 4 is 12.1 Å². The molecule has 86 valence electrons. The average Bonchev–Trinajstić information content (AvgIpc) is 2.28. The molecule has 0 heterocycles. The van der Waals surface area contributed by atoms with Gasteiger partial charge in [-0.05, 0) is 18.1 Å². The van der Waals surface area contributed by atoms with E-state index in [2.05, 4.69) is 10.5 Å². The van der Waals surface area contributed by atoms with E-state index in [1.165, 1.54) is 7.11 Å². The van der Waals surface area contributed by atoms with Crippen molar-refractivity contribution < 1.29 is 9.53 Å². The van der Waals surface area contributed by atoms with E-state index in [4.69, 9.17) is 4.74 Å². The van der Waals surface area contributed by atoms with Crippen molar-refractivity contribution in [3.05, 3.63) is 29.8 Å². The summed E-state index contributed by atoms with van der Waals surface area (Å²) in [5, 5.41) is 3.84. The molecule has 0 aliphatic rings. The van der Waals surface area contributed by atoms with Gasteiger partial charge in [-0.3, -0.25) is 4.79 Å². The van der Waals surface area contributed by atoms with Crippen LogP contribution < -0.4 is 10.2 Å². The lowest BCUT2D eigenvalue weighted by Gasteiger charge is -2.06. The number of hydrazone groups is 1. The van der Waals surface area contributed by atoms with Crippen LogP contribution in [-0.2, 0) is 0 Å². The highest BCUT2D eigenvalue weighted by molar-refractivity contribution is 5.97. The van der Waals surface area contributed by atoms with Gasteiger partial charge in [-0.2, -0.15) is 5.10 Å². The van der Waals surface area contributed by atoms with Gasteiger partial charge in [-0.15, -0.1) is 0 Å². The molecular formula is C12H16N2O2. The second kappa shape index (κ2) is 5.90. The lowest BCUT2D eigenvalue weighted by molar-refractivity contribution is 0.0952. The molecule has 4 heteroatoms. The molecule has 0 aliphatic carbocycles. The number of amides is 1. The molecule has 1 amide bonds. The second-order valence-electron chi connectivity index (χ2n) is 3.66. The Morgan fingerprint density at radius 1 is 1.44 bits per heavy atom. The number of hydrogen-bond acceptors (Lipinski definition) is 3. The SMILES string of the molecule is COc1ccccc1C(=O)N/N=C/C(C)C. The van der Waals surface area contributed by atoms with E-state index in [-0.39, 0.29) is 5.91 Å². The van der Waals surface area contributed by atoms with Crippen molar-refractivity contribution in [3.63, 3.8) is 0 Å². The molecule has 0 saturated carbocycles. The van der Waals surface area contributed by atoms with Gasteiger partial charge in [0.05, 0.1) is 12.7 Å². The summed E-state index contributed by atoms with van der Waals surface area (Å²) in [7, 11) is 1.53. The lowest BCUT2D eigenvalue weighted by Crippen LogP contribution is -2.18. The Bertz CT molecular complexity index is 386. The summed E-state index contributed by atoms with van der Waals surface area (Å²) in [6, 6.07) is 7.02. The minimum absolute atomic E-state index is 0.269. The summed E-state index contributed by atoms with van der Waals surface area (Å²) in [6.07, 6.45) is 1.67. The number of methoxy groups -OCH3 is 1. The molecule has 1 aromatic rings. The number of carbonyl (C=O) groups excluding carboxylic acids is 1. The maximum atomic E-state index is 11.7. The van der Waals surface area contributed by atoms with E-state index in [1.807, 2.05) is 19.9 Å². The zero-order valence-electron chi connectivity index (χ0n) is 9.73. The van der Waals surface area contributed by atoms with Crippen LogP contribution in [0.1, 0.15) is 24.2 Å². The van der Waals surface area contributed by atoms with E-state index in [9.17, 15) is 4.79 Å². The van der Waals surface area contributed by atoms with Gasteiger partial charge in [-0.25, -0.2) is 5.43 Å². The molecule has 0 unspecified atom stereocenters. The molecule has 1 N–H and O–H groups in total. The maximum absolute atomic E-state index is 11.7. The van der Waals surface area contributed by atoms with Gasteiger partial charge in [0, 0.05) is 6.21 Å². The molecule has 0 aliphatic heterocycles. The van der Waals surface area contributed by atoms with Crippen molar-refractivity contribution in [1.29, 1.82) is 0 Å². The zero-order valence-corrected chi connectivity index (χ0v) is 9.73. The molecule has 0 spiro atoms. The first-order valence-electron chi connectivity index (χ1n) is 5.11. The monoisotopic (exact) mass is 220 g/mol. The fraction of sp³-hybridized carbons (Fsp3) is 0.333. The van der Waals surface area contributed by atoms with Gasteiger partial charge in [-0.1, -0.05) is 26.0 Å². The molecule has 0 atom stereocenters. The summed E-state index contributed by atoms with van der Waals surface area (Å²) in [5.41, 5.74) is 2.93. The van der Waals surface area contributed by atoms with Crippen LogP contribution in [0.5, 0.6) is 5.75 Å². The van der Waals surface area contributed by atoms with E-state index < -0.39 is 0 Å².